The van der Waals surface area contributed by atoms with Crippen LogP contribution in [0.4, 0.5) is 0 Å². The zero-order valence-electron chi connectivity index (χ0n) is 21.8. The number of fused-ring (bicyclic) bond motifs is 4. The Morgan fingerprint density at radius 3 is 2.54 bits per heavy atom. The summed E-state index contributed by atoms with van der Waals surface area (Å²) in [6, 6.07) is 18.8. The average molecular weight is 499 g/mol. The molecule has 6 nitrogen and oxygen atoms in total. The van der Waals surface area contributed by atoms with Crippen LogP contribution in [0.25, 0.3) is 21.7 Å². The topological polar surface area (TPSA) is 63.0 Å². The lowest BCUT2D eigenvalue weighted by Gasteiger charge is -2.27. The maximum atomic E-state index is 14.0. The molecule has 3 aromatic carbocycles. The summed E-state index contributed by atoms with van der Waals surface area (Å²) in [5, 5.41) is 2.30. The van der Waals surface area contributed by atoms with Crippen molar-refractivity contribution in [3.63, 3.8) is 0 Å². The van der Waals surface area contributed by atoms with Crippen LogP contribution in [0.5, 0.6) is 5.75 Å². The van der Waals surface area contributed by atoms with Crippen molar-refractivity contribution in [2.45, 2.75) is 39.7 Å². The molecular formula is C31H34N2O4. The molecule has 1 aliphatic heterocycles. The standard InChI is InChI=1S/C31H34N2O4/c1-4-19-36-23-13-9-12-22(20-23)27-26-28(34)25-16-15-21-11-7-8-14-24(21)29(25)37-30(26)31(35)33(27)18-10-17-32(5-2)6-3/h7-9,11-16,20,27H,4-6,10,17-19H2,1-3H3. The first-order valence-electron chi connectivity index (χ1n) is 13.3. The van der Waals surface area contributed by atoms with Crippen molar-refractivity contribution in [2.75, 3.05) is 32.8 Å². The van der Waals surface area contributed by atoms with Crippen LogP contribution in [-0.4, -0.2) is 48.5 Å². The molecule has 1 aliphatic rings. The Balaban J connectivity index is 1.64. The molecule has 1 amide bonds. The van der Waals surface area contributed by atoms with E-state index in [4.69, 9.17) is 9.15 Å². The molecule has 0 N–H and O–H groups in total. The molecule has 1 atom stereocenters. The van der Waals surface area contributed by atoms with Crippen LogP contribution in [0.2, 0.25) is 0 Å². The van der Waals surface area contributed by atoms with Gasteiger partial charge in [0.1, 0.15) is 11.3 Å². The van der Waals surface area contributed by atoms with E-state index in [9.17, 15) is 9.59 Å². The maximum Gasteiger partial charge on any atom is 0.290 e. The molecule has 0 saturated carbocycles. The largest absolute Gasteiger partial charge is 0.494 e. The zero-order chi connectivity index (χ0) is 25.9. The number of rotatable bonds is 10. The van der Waals surface area contributed by atoms with Gasteiger partial charge < -0.3 is 19.0 Å². The van der Waals surface area contributed by atoms with E-state index >= 15 is 0 Å². The molecule has 0 fully saturated rings. The number of amides is 1. The summed E-state index contributed by atoms with van der Waals surface area (Å²) in [6.07, 6.45) is 1.70. The van der Waals surface area contributed by atoms with Crippen LogP contribution < -0.4 is 10.2 Å². The first-order chi connectivity index (χ1) is 18.1. The Hall–Kier alpha value is -3.64. The van der Waals surface area contributed by atoms with Gasteiger partial charge in [-0.25, -0.2) is 0 Å². The number of benzene rings is 3. The van der Waals surface area contributed by atoms with E-state index in [-0.39, 0.29) is 17.1 Å². The number of ether oxygens (including phenoxy) is 1. The summed E-state index contributed by atoms with van der Waals surface area (Å²) in [5.41, 5.74) is 1.60. The normalized spacial score (nSPS) is 15.2. The van der Waals surface area contributed by atoms with Gasteiger partial charge in [-0.3, -0.25) is 9.59 Å². The molecule has 1 aromatic heterocycles. The lowest BCUT2D eigenvalue weighted by molar-refractivity contribution is 0.0720. The highest BCUT2D eigenvalue weighted by molar-refractivity contribution is 6.06. The molecule has 1 unspecified atom stereocenters. The molecule has 6 heteroatoms. The molecule has 0 radical (unpaired) electrons. The highest BCUT2D eigenvalue weighted by Gasteiger charge is 2.42. The van der Waals surface area contributed by atoms with Crippen molar-refractivity contribution in [3.8, 4) is 5.75 Å². The fourth-order valence-electron chi connectivity index (χ4n) is 5.32. The number of carbonyl (C=O) groups is 1. The fraction of sp³-hybridized carbons (Fsp3) is 0.355. The fourth-order valence-corrected chi connectivity index (χ4v) is 5.32. The Labute approximate surface area is 217 Å². The van der Waals surface area contributed by atoms with Crippen molar-refractivity contribution in [2.24, 2.45) is 0 Å². The Bertz CT molecular complexity index is 1490. The first-order valence-corrected chi connectivity index (χ1v) is 13.3. The quantitative estimate of drug-likeness (QED) is 0.251. The SMILES string of the molecule is CCCOc1cccc(C2c3c(oc4c(ccc5ccccc54)c3=O)C(=O)N2CCCN(CC)CC)c1. The molecule has 5 rings (SSSR count). The summed E-state index contributed by atoms with van der Waals surface area (Å²) >= 11 is 0. The molecule has 0 saturated heterocycles. The van der Waals surface area contributed by atoms with Crippen LogP contribution in [0, 0.1) is 0 Å². The van der Waals surface area contributed by atoms with Crippen molar-refractivity contribution in [3.05, 3.63) is 87.8 Å². The van der Waals surface area contributed by atoms with E-state index in [2.05, 4.69) is 25.7 Å². The summed E-state index contributed by atoms with van der Waals surface area (Å²) < 4.78 is 12.2. The van der Waals surface area contributed by atoms with Gasteiger partial charge >= 0.3 is 0 Å². The van der Waals surface area contributed by atoms with Crippen LogP contribution in [0.3, 0.4) is 0 Å². The van der Waals surface area contributed by atoms with Crippen molar-refractivity contribution in [1.82, 2.24) is 9.80 Å². The zero-order valence-corrected chi connectivity index (χ0v) is 21.8. The molecule has 0 aliphatic carbocycles. The van der Waals surface area contributed by atoms with Gasteiger partial charge in [0.2, 0.25) is 5.76 Å². The molecule has 2 heterocycles. The van der Waals surface area contributed by atoms with Gasteiger partial charge in [-0.15, -0.1) is 0 Å². The van der Waals surface area contributed by atoms with Crippen LogP contribution in [-0.2, 0) is 0 Å². The maximum absolute atomic E-state index is 14.0. The monoisotopic (exact) mass is 498 g/mol. The minimum absolute atomic E-state index is 0.147. The van der Waals surface area contributed by atoms with E-state index in [1.54, 1.807) is 4.90 Å². The number of carbonyl (C=O) groups excluding carboxylic acids is 1. The third-order valence-electron chi connectivity index (χ3n) is 7.27. The molecule has 4 aromatic rings. The Kier molecular flexibility index (Phi) is 7.28. The molecule has 37 heavy (non-hydrogen) atoms. The van der Waals surface area contributed by atoms with Crippen molar-refractivity contribution >= 4 is 27.6 Å². The van der Waals surface area contributed by atoms with Crippen LogP contribution >= 0.6 is 0 Å². The van der Waals surface area contributed by atoms with Crippen LogP contribution in [0.1, 0.15) is 61.3 Å². The summed E-state index contributed by atoms with van der Waals surface area (Å²) in [4.78, 5) is 32.0. The summed E-state index contributed by atoms with van der Waals surface area (Å²) in [6.45, 7) is 10.3. The van der Waals surface area contributed by atoms with Gasteiger partial charge in [-0.1, -0.05) is 63.2 Å². The van der Waals surface area contributed by atoms with E-state index in [0.717, 1.165) is 54.6 Å². The Morgan fingerprint density at radius 1 is 0.946 bits per heavy atom. The average Bonchev–Trinajstić information content (AvgIpc) is 3.21. The number of hydrogen-bond acceptors (Lipinski definition) is 5. The van der Waals surface area contributed by atoms with E-state index in [1.807, 2.05) is 60.7 Å². The highest BCUT2D eigenvalue weighted by Crippen LogP contribution is 2.40. The lowest BCUT2D eigenvalue weighted by atomic mass is 9.97. The molecular weight excluding hydrogens is 464 g/mol. The van der Waals surface area contributed by atoms with Gasteiger partial charge in [-0.05, 0) is 61.6 Å². The number of nitrogens with zero attached hydrogens (tertiary/aromatic N) is 2. The third kappa shape index (κ3) is 4.62. The third-order valence-corrected chi connectivity index (χ3v) is 7.27. The van der Waals surface area contributed by atoms with Gasteiger partial charge in [0.25, 0.3) is 5.91 Å². The second kappa shape index (κ2) is 10.8. The van der Waals surface area contributed by atoms with Gasteiger partial charge in [0.05, 0.1) is 23.6 Å². The predicted octanol–water partition coefficient (Wildman–Crippen LogP) is 6.01. The smallest absolute Gasteiger partial charge is 0.290 e. The van der Waals surface area contributed by atoms with Crippen LogP contribution in [0.15, 0.2) is 69.9 Å². The minimum Gasteiger partial charge on any atom is -0.494 e. The van der Waals surface area contributed by atoms with E-state index < -0.39 is 6.04 Å². The minimum atomic E-state index is -0.517. The van der Waals surface area contributed by atoms with Crippen molar-refractivity contribution < 1.29 is 13.9 Å². The highest BCUT2D eigenvalue weighted by atomic mass is 16.5. The molecule has 0 spiro atoms. The lowest BCUT2D eigenvalue weighted by Crippen LogP contribution is -2.33. The van der Waals surface area contributed by atoms with Crippen molar-refractivity contribution in [1.29, 1.82) is 0 Å². The summed E-state index contributed by atoms with van der Waals surface area (Å²) in [7, 11) is 0. The summed E-state index contributed by atoms with van der Waals surface area (Å²) in [5.74, 6) is 0.660. The Morgan fingerprint density at radius 2 is 1.76 bits per heavy atom. The molecule has 0 bridgehead atoms. The van der Waals surface area contributed by atoms with E-state index in [0.29, 0.717) is 29.7 Å². The van der Waals surface area contributed by atoms with E-state index in [1.165, 1.54) is 0 Å². The van der Waals surface area contributed by atoms with Gasteiger partial charge in [0, 0.05) is 11.9 Å². The first kappa shape index (κ1) is 25.0. The second-order valence-corrected chi connectivity index (χ2v) is 9.54. The molecule has 192 valence electrons. The second-order valence-electron chi connectivity index (χ2n) is 9.54. The predicted molar refractivity (Wildman–Crippen MR) is 148 cm³/mol. The number of hydrogen-bond donors (Lipinski definition) is 0. The van der Waals surface area contributed by atoms with Gasteiger partial charge in [0.15, 0.2) is 5.43 Å². The van der Waals surface area contributed by atoms with Gasteiger partial charge in [-0.2, -0.15) is 0 Å².